The van der Waals surface area contributed by atoms with Crippen molar-refractivity contribution in [1.82, 2.24) is 9.78 Å². The predicted octanol–water partition coefficient (Wildman–Crippen LogP) is 5.22. The molecular formula is C30H38N4O6. The lowest BCUT2D eigenvalue weighted by atomic mass is 10.2. The lowest BCUT2D eigenvalue weighted by molar-refractivity contribution is -0.155. The van der Waals surface area contributed by atoms with Gasteiger partial charge in [0.05, 0.1) is 25.3 Å². The van der Waals surface area contributed by atoms with Crippen LogP contribution in [0.15, 0.2) is 65.5 Å². The Bertz CT molecular complexity index is 1340. The SMILES string of the molecule is CCOC(=O)Nc1cccc(Cn2nc(C)ccc2=O)c1.Cc1ccc(NC(=O)CCC(=O)OC(C)(C)C)cc1. The van der Waals surface area contributed by atoms with Crippen molar-refractivity contribution < 1.29 is 23.9 Å². The molecule has 0 radical (unpaired) electrons. The fourth-order valence-electron chi connectivity index (χ4n) is 3.34. The van der Waals surface area contributed by atoms with Gasteiger partial charge in [0.15, 0.2) is 0 Å². The van der Waals surface area contributed by atoms with Crippen LogP contribution in [0.1, 0.15) is 57.4 Å². The number of amides is 2. The highest BCUT2D eigenvalue weighted by molar-refractivity contribution is 5.92. The number of aromatic nitrogens is 2. The van der Waals surface area contributed by atoms with Crippen molar-refractivity contribution in [1.29, 1.82) is 0 Å². The van der Waals surface area contributed by atoms with Gasteiger partial charge >= 0.3 is 12.1 Å². The molecule has 10 nitrogen and oxygen atoms in total. The number of aryl methyl sites for hydroxylation is 2. The summed E-state index contributed by atoms with van der Waals surface area (Å²) in [4.78, 5) is 46.2. The summed E-state index contributed by atoms with van der Waals surface area (Å²) in [7, 11) is 0. The summed E-state index contributed by atoms with van der Waals surface area (Å²) in [5.41, 5.74) is 3.45. The normalized spacial score (nSPS) is 10.6. The van der Waals surface area contributed by atoms with Crippen molar-refractivity contribution >= 4 is 29.3 Å². The minimum atomic E-state index is -0.509. The van der Waals surface area contributed by atoms with Crippen LogP contribution in [0, 0.1) is 13.8 Å². The summed E-state index contributed by atoms with van der Waals surface area (Å²) in [6, 6.07) is 17.9. The molecule has 0 fully saturated rings. The average molecular weight is 551 g/mol. The summed E-state index contributed by atoms with van der Waals surface area (Å²) in [5.74, 6) is -0.540. The second-order valence-electron chi connectivity index (χ2n) is 10.0. The molecule has 1 aromatic heterocycles. The van der Waals surface area contributed by atoms with Gasteiger partial charge in [-0.1, -0.05) is 29.8 Å². The maximum Gasteiger partial charge on any atom is 0.411 e. The highest BCUT2D eigenvalue weighted by Crippen LogP contribution is 2.13. The third kappa shape index (κ3) is 12.4. The van der Waals surface area contributed by atoms with E-state index in [9.17, 15) is 19.2 Å². The maximum absolute atomic E-state index is 11.7. The van der Waals surface area contributed by atoms with E-state index in [1.807, 2.05) is 44.2 Å². The first kappa shape index (κ1) is 31.7. The van der Waals surface area contributed by atoms with E-state index in [0.29, 0.717) is 18.8 Å². The van der Waals surface area contributed by atoms with Crippen molar-refractivity contribution in [3.05, 3.63) is 87.8 Å². The van der Waals surface area contributed by atoms with Gasteiger partial charge in [-0.3, -0.25) is 19.7 Å². The Morgan fingerprint density at radius 3 is 2.25 bits per heavy atom. The molecule has 2 aromatic carbocycles. The van der Waals surface area contributed by atoms with Gasteiger partial charge in [-0.2, -0.15) is 5.10 Å². The molecule has 1 heterocycles. The molecule has 0 aliphatic rings. The number of nitrogens with zero attached hydrogens (tertiary/aromatic N) is 2. The Morgan fingerprint density at radius 1 is 0.900 bits per heavy atom. The zero-order valence-electron chi connectivity index (χ0n) is 23.9. The zero-order chi connectivity index (χ0) is 29.7. The van der Waals surface area contributed by atoms with Crippen LogP contribution in [-0.2, 0) is 25.6 Å². The van der Waals surface area contributed by atoms with E-state index in [0.717, 1.165) is 22.5 Å². The van der Waals surface area contributed by atoms with Gasteiger partial charge in [-0.25, -0.2) is 9.48 Å². The summed E-state index contributed by atoms with van der Waals surface area (Å²) in [5, 5.41) is 9.55. The minimum Gasteiger partial charge on any atom is -0.460 e. The molecule has 0 aliphatic heterocycles. The Labute approximate surface area is 234 Å². The van der Waals surface area contributed by atoms with Crippen molar-refractivity contribution in [2.75, 3.05) is 17.2 Å². The molecule has 40 heavy (non-hydrogen) atoms. The molecule has 0 spiro atoms. The van der Waals surface area contributed by atoms with E-state index in [4.69, 9.17) is 9.47 Å². The molecule has 10 heteroatoms. The second-order valence-corrected chi connectivity index (χ2v) is 10.0. The third-order valence-electron chi connectivity index (χ3n) is 5.09. The van der Waals surface area contributed by atoms with Crippen LogP contribution in [0.5, 0.6) is 0 Å². The van der Waals surface area contributed by atoms with Crippen LogP contribution in [-0.4, -0.2) is 40.0 Å². The Kier molecular flexibility index (Phi) is 12.1. The average Bonchev–Trinajstić information content (AvgIpc) is 2.86. The van der Waals surface area contributed by atoms with Gasteiger partial charge in [-0.15, -0.1) is 0 Å². The lowest BCUT2D eigenvalue weighted by Crippen LogP contribution is -2.24. The smallest absolute Gasteiger partial charge is 0.411 e. The van der Waals surface area contributed by atoms with E-state index in [1.54, 1.807) is 52.0 Å². The number of hydrogen-bond acceptors (Lipinski definition) is 7. The fraction of sp³-hybridized carbons (Fsp3) is 0.367. The first-order chi connectivity index (χ1) is 18.8. The van der Waals surface area contributed by atoms with E-state index in [2.05, 4.69) is 15.7 Å². The maximum atomic E-state index is 11.7. The van der Waals surface area contributed by atoms with Gasteiger partial charge < -0.3 is 14.8 Å². The number of esters is 1. The van der Waals surface area contributed by atoms with Gasteiger partial charge in [0.1, 0.15) is 5.60 Å². The molecule has 0 aliphatic carbocycles. The van der Waals surface area contributed by atoms with Crippen LogP contribution in [0.4, 0.5) is 16.2 Å². The van der Waals surface area contributed by atoms with Gasteiger partial charge in [-0.05, 0) is 77.4 Å². The van der Waals surface area contributed by atoms with E-state index in [1.165, 1.54) is 10.7 Å². The van der Waals surface area contributed by atoms with Crippen LogP contribution in [0.25, 0.3) is 0 Å². The van der Waals surface area contributed by atoms with Gasteiger partial charge in [0.2, 0.25) is 5.91 Å². The second kappa shape index (κ2) is 15.2. The molecule has 2 amide bonds. The summed E-state index contributed by atoms with van der Waals surface area (Å²) >= 11 is 0. The third-order valence-corrected chi connectivity index (χ3v) is 5.09. The molecule has 214 valence electrons. The first-order valence-corrected chi connectivity index (χ1v) is 13.0. The van der Waals surface area contributed by atoms with Crippen LogP contribution in [0.3, 0.4) is 0 Å². The largest absolute Gasteiger partial charge is 0.460 e. The topological polar surface area (TPSA) is 129 Å². The summed E-state index contributed by atoms with van der Waals surface area (Å²) in [6.45, 7) is 11.6. The standard InChI is InChI=1S/C15H17N3O3.C15H21NO3/c1-3-21-15(20)16-13-6-4-5-12(9-13)10-18-14(19)8-7-11(2)17-18;1-11-5-7-12(8-6-11)16-13(17)9-10-14(18)19-15(2,3)4/h4-9H,3,10H2,1-2H3,(H,16,20);5-8H,9-10H2,1-4H3,(H,16,17). The number of benzene rings is 2. The van der Waals surface area contributed by atoms with Gasteiger partial charge in [0, 0.05) is 23.9 Å². The van der Waals surface area contributed by atoms with Crippen molar-refractivity contribution in [2.24, 2.45) is 0 Å². The molecule has 3 rings (SSSR count). The Morgan fingerprint density at radius 2 is 1.60 bits per heavy atom. The molecule has 0 unspecified atom stereocenters. The fourth-order valence-corrected chi connectivity index (χ4v) is 3.34. The van der Waals surface area contributed by atoms with Crippen LogP contribution < -0.4 is 16.2 Å². The van der Waals surface area contributed by atoms with Gasteiger partial charge in [0.25, 0.3) is 5.56 Å². The van der Waals surface area contributed by atoms with Crippen LogP contribution >= 0.6 is 0 Å². The molecule has 0 bridgehead atoms. The van der Waals surface area contributed by atoms with Crippen molar-refractivity contribution in [2.45, 2.75) is 66.5 Å². The monoisotopic (exact) mass is 550 g/mol. The molecule has 0 atom stereocenters. The minimum absolute atomic E-state index is 0.0922. The van der Waals surface area contributed by atoms with Crippen molar-refractivity contribution in [3.8, 4) is 0 Å². The number of hydrogen-bond donors (Lipinski definition) is 2. The number of anilines is 2. The lowest BCUT2D eigenvalue weighted by Gasteiger charge is -2.19. The molecule has 2 N–H and O–H groups in total. The summed E-state index contributed by atoms with van der Waals surface area (Å²) in [6.07, 6.45) is -0.280. The van der Waals surface area contributed by atoms with E-state index >= 15 is 0 Å². The highest BCUT2D eigenvalue weighted by atomic mass is 16.6. The van der Waals surface area contributed by atoms with Crippen molar-refractivity contribution in [3.63, 3.8) is 0 Å². The summed E-state index contributed by atoms with van der Waals surface area (Å²) < 4.78 is 11.3. The number of carbonyl (C=O) groups excluding carboxylic acids is 3. The molecule has 0 saturated heterocycles. The first-order valence-electron chi connectivity index (χ1n) is 13.0. The molecule has 0 saturated carbocycles. The number of rotatable bonds is 8. The number of ether oxygens (including phenoxy) is 2. The zero-order valence-corrected chi connectivity index (χ0v) is 23.9. The predicted molar refractivity (Wildman–Crippen MR) is 154 cm³/mol. The Hall–Kier alpha value is -4.47. The number of nitrogens with one attached hydrogen (secondary N) is 2. The van der Waals surface area contributed by atoms with Crippen LogP contribution in [0.2, 0.25) is 0 Å². The molecular weight excluding hydrogens is 512 g/mol. The molecule has 3 aromatic rings. The van der Waals surface area contributed by atoms with E-state index < -0.39 is 11.7 Å². The highest BCUT2D eigenvalue weighted by Gasteiger charge is 2.17. The Balaban J connectivity index is 0.000000282. The quantitative estimate of drug-likeness (QED) is 0.368. The van der Waals surface area contributed by atoms with E-state index in [-0.39, 0.29) is 30.3 Å². The number of carbonyl (C=O) groups is 3.